The second-order valence-corrected chi connectivity index (χ2v) is 8.63. The minimum absolute atomic E-state index is 0.134. The molecule has 0 bridgehead atoms. The highest BCUT2D eigenvalue weighted by Crippen LogP contribution is 2.42. The van der Waals surface area contributed by atoms with Gasteiger partial charge in [-0.1, -0.05) is 6.07 Å². The third kappa shape index (κ3) is 3.47. The Hall–Kier alpha value is -1.39. The summed E-state index contributed by atoms with van der Waals surface area (Å²) in [7, 11) is -3.42. The van der Waals surface area contributed by atoms with E-state index in [4.69, 9.17) is 4.74 Å². The number of ether oxygens (including phenoxy) is 1. The first-order valence-corrected chi connectivity index (χ1v) is 9.40. The highest BCUT2D eigenvalue weighted by molar-refractivity contribution is 7.90. The van der Waals surface area contributed by atoms with Gasteiger partial charge in [-0.25, -0.2) is 13.4 Å². The highest BCUT2D eigenvalue weighted by atomic mass is 32.2. The molecule has 2 saturated heterocycles. The van der Waals surface area contributed by atoms with E-state index in [1.54, 1.807) is 18.3 Å². The Morgan fingerprint density at radius 2 is 2.08 bits per heavy atom. The fraction of sp³-hybridized carbons (Fsp3) is 0.667. The molecule has 6 nitrogen and oxygen atoms in total. The van der Waals surface area contributed by atoms with Gasteiger partial charge in [0.1, 0.15) is 0 Å². The van der Waals surface area contributed by atoms with E-state index in [0.29, 0.717) is 29.8 Å². The molecule has 1 spiro atoms. The summed E-state index contributed by atoms with van der Waals surface area (Å²) in [5, 5.41) is 0. The summed E-state index contributed by atoms with van der Waals surface area (Å²) < 4.78 is 67.2. The van der Waals surface area contributed by atoms with E-state index in [1.807, 2.05) is 18.0 Å². The van der Waals surface area contributed by atoms with Crippen LogP contribution in [0.25, 0.3) is 0 Å². The number of hydrogen-bond acceptors (Lipinski definition) is 5. The fourth-order valence-electron chi connectivity index (χ4n) is 3.48. The number of sulfonamides is 1. The third-order valence-electron chi connectivity index (χ3n) is 5.03. The zero-order valence-corrected chi connectivity index (χ0v) is 14.6. The molecule has 1 atom stereocenters. The number of piperidine rings is 1. The van der Waals surface area contributed by atoms with Gasteiger partial charge in [0.25, 0.3) is 0 Å². The van der Waals surface area contributed by atoms with E-state index in [-0.39, 0.29) is 19.0 Å². The third-order valence-corrected chi connectivity index (χ3v) is 6.55. The van der Waals surface area contributed by atoms with E-state index < -0.39 is 21.1 Å². The van der Waals surface area contributed by atoms with E-state index >= 15 is 0 Å². The van der Waals surface area contributed by atoms with Crippen molar-refractivity contribution in [3.63, 3.8) is 0 Å². The van der Waals surface area contributed by atoms with Gasteiger partial charge in [-0.05, 0) is 38.4 Å². The van der Waals surface area contributed by atoms with Crippen LogP contribution in [0.15, 0.2) is 24.4 Å². The van der Waals surface area contributed by atoms with Crippen molar-refractivity contribution in [2.24, 2.45) is 5.92 Å². The Morgan fingerprint density at radius 3 is 2.68 bits per heavy atom. The Balaban J connectivity index is 1.61. The quantitative estimate of drug-likeness (QED) is 0.797. The molecule has 0 saturated carbocycles. The standard InChI is InChI=1S/C15H20F3N3O3S/c1-20-7-5-12(9-24-13-4-2-3-6-19-13)8-14(20)10-21(11-14)25(22,23)15(16,17)18/h2-4,6,12H,5,7-11H2,1H3/t12-/m1/s1. The molecule has 0 unspecified atom stereocenters. The number of rotatable bonds is 4. The van der Waals surface area contributed by atoms with Crippen molar-refractivity contribution in [1.29, 1.82) is 0 Å². The van der Waals surface area contributed by atoms with Gasteiger partial charge in [-0.3, -0.25) is 4.90 Å². The van der Waals surface area contributed by atoms with Crippen molar-refractivity contribution in [2.75, 3.05) is 33.3 Å². The molecule has 2 aliphatic rings. The predicted octanol–water partition coefficient (Wildman–Crippen LogP) is 1.71. The Kier molecular flexibility index (Phi) is 4.71. The SMILES string of the molecule is CN1CC[C@@H](COc2ccccn2)CC12CN(S(=O)(=O)C(F)(F)F)C2. The molecule has 25 heavy (non-hydrogen) atoms. The van der Waals surface area contributed by atoms with Crippen LogP contribution in [0.5, 0.6) is 5.88 Å². The summed E-state index contributed by atoms with van der Waals surface area (Å²) in [5.74, 6) is 0.652. The van der Waals surface area contributed by atoms with Gasteiger partial charge in [0.15, 0.2) is 0 Å². The van der Waals surface area contributed by atoms with Crippen LogP contribution in [0, 0.1) is 5.92 Å². The molecule has 0 aromatic carbocycles. The molecule has 10 heteroatoms. The average Bonchev–Trinajstić information content (AvgIpc) is 2.52. The number of nitrogens with zero attached hydrogens (tertiary/aromatic N) is 3. The summed E-state index contributed by atoms with van der Waals surface area (Å²) >= 11 is 0. The number of likely N-dealkylation sites (N-methyl/N-ethyl adjacent to an activating group) is 1. The molecule has 0 N–H and O–H groups in total. The summed E-state index contributed by atoms with van der Waals surface area (Å²) in [6, 6.07) is 5.33. The maximum absolute atomic E-state index is 12.7. The average molecular weight is 379 g/mol. The lowest BCUT2D eigenvalue weighted by molar-refractivity contribution is -0.0762. The van der Waals surface area contributed by atoms with Gasteiger partial charge in [0, 0.05) is 30.9 Å². The van der Waals surface area contributed by atoms with Crippen LogP contribution in [0.2, 0.25) is 0 Å². The molecule has 0 radical (unpaired) electrons. The lowest BCUT2D eigenvalue weighted by atomic mass is 9.77. The Labute approximate surface area is 144 Å². The van der Waals surface area contributed by atoms with Crippen molar-refractivity contribution < 1.29 is 26.3 Å². The second-order valence-electron chi connectivity index (χ2n) is 6.70. The molecule has 3 rings (SSSR count). The first kappa shape index (κ1) is 18.4. The Bertz CT molecular complexity index is 706. The van der Waals surface area contributed by atoms with Crippen molar-refractivity contribution in [3.05, 3.63) is 24.4 Å². The number of aromatic nitrogens is 1. The lowest BCUT2D eigenvalue weighted by Gasteiger charge is -2.57. The highest BCUT2D eigenvalue weighted by Gasteiger charge is 2.60. The van der Waals surface area contributed by atoms with E-state index in [0.717, 1.165) is 6.42 Å². The molecular weight excluding hydrogens is 359 g/mol. The maximum atomic E-state index is 12.7. The van der Waals surface area contributed by atoms with Crippen LogP contribution in [0.3, 0.4) is 0 Å². The molecule has 0 amide bonds. The van der Waals surface area contributed by atoms with Gasteiger partial charge in [0.05, 0.1) is 6.61 Å². The number of hydrogen-bond donors (Lipinski definition) is 0. The zero-order valence-electron chi connectivity index (χ0n) is 13.7. The molecule has 1 aromatic rings. The second kappa shape index (κ2) is 6.40. The molecule has 3 heterocycles. The normalized spacial score (nSPS) is 24.9. The van der Waals surface area contributed by atoms with Crippen molar-refractivity contribution >= 4 is 10.0 Å². The monoisotopic (exact) mass is 379 g/mol. The first-order chi connectivity index (χ1) is 11.6. The van der Waals surface area contributed by atoms with Gasteiger partial charge in [-0.15, -0.1) is 0 Å². The van der Waals surface area contributed by atoms with Crippen molar-refractivity contribution in [3.8, 4) is 5.88 Å². The topological polar surface area (TPSA) is 62.7 Å². The smallest absolute Gasteiger partial charge is 0.477 e. The van der Waals surface area contributed by atoms with Gasteiger partial charge in [-0.2, -0.15) is 17.5 Å². The van der Waals surface area contributed by atoms with E-state index in [9.17, 15) is 21.6 Å². The maximum Gasteiger partial charge on any atom is 0.511 e. The first-order valence-electron chi connectivity index (χ1n) is 7.96. The molecular formula is C15H20F3N3O3S. The van der Waals surface area contributed by atoms with Gasteiger partial charge < -0.3 is 4.74 Å². The lowest BCUT2D eigenvalue weighted by Crippen LogP contribution is -2.73. The molecule has 0 aliphatic carbocycles. The molecule has 2 aliphatic heterocycles. The van der Waals surface area contributed by atoms with Crippen LogP contribution in [0.4, 0.5) is 13.2 Å². The number of alkyl halides is 3. The summed E-state index contributed by atoms with van der Waals surface area (Å²) in [5.41, 5.74) is -5.79. The predicted molar refractivity (Wildman–Crippen MR) is 84.4 cm³/mol. The van der Waals surface area contributed by atoms with E-state index in [1.165, 1.54) is 0 Å². The van der Waals surface area contributed by atoms with Gasteiger partial charge in [0.2, 0.25) is 5.88 Å². The molecule has 2 fully saturated rings. The van der Waals surface area contributed by atoms with Crippen LogP contribution in [0.1, 0.15) is 12.8 Å². The Morgan fingerprint density at radius 1 is 1.36 bits per heavy atom. The van der Waals surface area contributed by atoms with Crippen molar-refractivity contribution in [2.45, 2.75) is 23.9 Å². The summed E-state index contributed by atoms with van der Waals surface area (Å²) in [6.45, 7) is 0.839. The summed E-state index contributed by atoms with van der Waals surface area (Å²) in [4.78, 5) is 6.04. The van der Waals surface area contributed by atoms with Crippen LogP contribution in [-0.4, -0.2) is 66.9 Å². The van der Waals surface area contributed by atoms with Crippen LogP contribution in [-0.2, 0) is 10.0 Å². The molecule has 1 aromatic heterocycles. The minimum atomic E-state index is -5.25. The van der Waals surface area contributed by atoms with Crippen molar-refractivity contribution in [1.82, 2.24) is 14.2 Å². The van der Waals surface area contributed by atoms with Crippen LogP contribution < -0.4 is 4.74 Å². The largest absolute Gasteiger partial charge is 0.511 e. The van der Waals surface area contributed by atoms with E-state index in [2.05, 4.69) is 4.98 Å². The summed E-state index contributed by atoms with van der Waals surface area (Å²) in [6.07, 6.45) is 3.06. The number of halogens is 3. The number of likely N-dealkylation sites (tertiary alicyclic amines) is 1. The zero-order chi connectivity index (χ0) is 18.3. The minimum Gasteiger partial charge on any atom is -0.477 e. The molecule has 140 valence electrons. The van der Waals surface area contributed by atoms with Crippen LogP contribution >= 0.6 is 0 Å². The fourth-order valence-corrected chi connectivity index (χ4v) is 4.60. The number of pyridine rings is 1. The van der Waals surface area contributed by atoms with Gasteiger partial charge >= 0.3 is 15.5 Å².